The average Bonchev–Trinajstić information content (AvgIpc) is 3.32. The number of hydrogen-bond donors (Lipinski definition) is 1. The SMILES string of the molecule is Cc1ccccc1CN1CCC(N2CCCN(c3cccc(C(=O)NC[C@H]4CCCO4)n3)CC2)CC1. The fraction of sp³-hybridized carbons (Fsp3) is 0.586. The van der Waals surface area contributed by atoms with Crippen molar-refractivity contribution in [1.82, 2.24) is 20.1 Å². The largest absolute Gasteiger partial charge is 0.376 e. The minimum atomic E-state index is -0.110. The van der Waals surface area contributed by atoms with Crippen molar-refractivity contribution in [1.29, 1.82) is 0 Å². The van der Waals surface area contributed by atoms with E-state index in [1.165, 1.54) is 37.1 Å². The molecule has 0 radical (unpaired) electrons. The molecule has 1 aromatic carbocycles. The molecule has 7 heteroatoms. The van der Waals surface area contributed by atoms with Crippen LogP contribution >= 0.6 is 0 Å². The lowest BCUT2D eigenvalue weighted by Gasteiger charge is -2.38. The summed E-state index contributed by atoms with van der Waals surface area (Å²) in [6.07, 6.45) is 5.84. The summed E-state index contributed by atoms with van der Waals surface area (Å²) >= 11 is 0. The number of carbonyl (C=O) groups is 1. The Balaban J connectivity index is 1.10. The Hall–Kier alpha value is -2.48. The highest BCUT2D eigenvalue weighted by Gasteiger charge is 2.27. The zero-order valence-corrected chi connectivity index (χ0v) is 21.7. The molecule has 7 nitrogen and oxygen atoms in total. The summed E-state index contributed by atoms with van der Waals surface area (Å²) in [6, 6.07) is 15.2. The van der Waals surface area contributed by atoms with Gasteiger partial charge in [-0.05, 0) is 75.4 Å². The van der Waals surface area contributed by atoms with Gasteiger partial charge in [0.25, 0.3) is 5.91 Å². The first-order valence-electron chi connectivity index (χ1n) is 13.8. The normalized spacial score (nSPS) is 22.5. The molecule has 0 bridgehead atoms. The van der Waals surface area contributed by atoms with E-state index in [0.717, 1.165) is 64.4 Å². The number of hydrogen-bond acceptors (Lipinski definition) is 6. The van der Waals surface area contributed by atoms with Gasteiger partial charge in [-0.1, -0.05) is 30.3 Å². The molecule has 0 saturated carbocycles. The van der Waals surface area contributed by atoms with Crippen LogP contribution < -0.4 is 10.2 Å². The molecule has 1 aromatic heterocycles. The number of pyridine rings is 1. The highest BCUT2D eigenvalue weighted by molar-refractivity contribution is 5.92. The molecule has 2 aromatic rings. The third-order valence-electron chi connectivity index (χ3n) is 8.06. The number of carbonyl (C=O) groups excluding carboxylic acids is 1. The third kappa shape index (κ3) is 6.44. The number of nitrogens with one attached hydrogen (secondary N) is 1. The predicted octanol–water partition coefficient (Wildman–Crippen LogP) is 3.48. The molecule has 1 amide bonds. The molecule has 4 heterocycles. The molecule has 3 aliphatic heterocycles. The van der Waals surface area contributed by atoms with Crippen LogP contribution in [0.2, 0.25) is 0 Å². The number of anilines is 1. The van der Waals surface area contributed by atoms with Crippen LogP contribution in [0.5, 0.6) is 0 Å². The zero-order chi connectivity index (χ0) is 24.7. The lowest BCUT2D eigenvalue weighted by Crippen LogP contribution is -2.46. The van der Waals surface area contributed by atoms with Crippen molar-refractivity contribution >= 4 is 11.7 Å². The van der Waals surface area contributed by atoms with Gasteiger partial charge in [-0.2, -0.15) is 0 Å². The molecular formula is C29H41N5O2. The van der Waals surface area contributed by atoms with Crippen molar-refractivity contribution in [3.8, 4) is 0 Å². The zero-order valence-electron chi connectivity index (χ0n) is 21.7. The third-order valence-corrected chi connectivity index (χ3v) is 8.06. The Labute approximate surface area is 215 Å². The number of nitrogens with zero attached hydrogens (tertiary/aromatic N) is 4. The van der Waals surface area contributed by atoms with Crippen molar-refractivity contribution in [3.05, 3.63) is 59.3 Å². The van der Waals surface area contributed by atoms with Crippen LogP contribution in [0, 0.1) is 6.92 Å². The van der Waals surface area contributed by atoms with Crippen LogP contribution in [-0.4, -0.2) is 85.3 Å². The number of piperidine rings is 1. The minimum absolute atomic E-state index is 0.110. The highest BCUT2D eigenvalue weighted by Crippen LogP contribution is 2.22. The van der Waals surface area contributed by atoms with Crippen LogP contribution in [0.25, 0.3) is 0 Å². The highest BCUT2D eigenvalue weighted by atomic mass is 16.5. The number of benzene rings is 1. The first kappa shape index (κ1) is 25.2. The van der Waals surface area contributed by atoms with E-state index in [-0.39, 0.29) is 12.0 Å². The number of aromatic nitrogens is 1. The summed E-state index contributed by atoms with van der Waals surface area (Å²) < 4.78 is 5.62. The second-order valence-corrected chi connectivity index (χ2v) is 10.5. The monoisotopic (exact) mass is 491 g/mol. The molecule has 3 saturated heterocycles. The Kier molecular flexibility index (Phi) is 8.51. The maximum Gasteiger partial charge on any atom is 0.270 e. The van der Waals surface area contributed by atoms with Gasteiger partial charge in [0.1, 0.15) is 11.5 Å². The number of aryl methyl sites for hydroxylation is 1. The average molecular weight is 492 g/mol. The molecule has 1 N–H and O–H groups in total. The van der Waals surface area contributed by atoms with Crippen LogP contribution in [0.15, 0.2) is 42.5 Å². The van der Waals surface area contributed by atoms with E-state index >= 15 is 0 Å². The standard InChI is InChI=1S/C29H41N5O2/c1-23-7-2-3-8-24(23)22-32-16-12-25(13-17-32)33-14-6-15-34(19-18-33)28-11-4-10-27(31-28)29(35)30-21-26-9-5-20-36-26/h2-4,7-8,10-11,25-26H,5-6,9,12-22H2,1H3,(H,30,35)/t26-/m1/s1. The van der Waals surface area contributed by atoms with Gasteiger partial charge >= 0.3 is 0 Å². The number of ether oxygens (including phenoxy) is 1. The molecule has 0 unspecified atom stereocenters. The fourth-order valence-electron chi connectivity index (χ4n) is 5.83. The molecule has 194 valence electrons. The quantitative estimate of drug-likeness (QED) is 0.640. The van der Waals surface area contributed by atoms with Crippen LogP contribution in [-0.2, 0) is 11.3 Å². The van der Waals surface area contributed by atoms with Crippen molar-refractivity contribution in [2.45, 2.75) is 57.7 Å². The first-order chi connectivity index (χ1) is 17.7. The van der Waals surface area contributed by atoms with E-state index in [2.05, 4.69) is 51.2 Å². The maximum atomic E-state index is 12.7. The fourth-order valence-corrected chi connectivity index (χ4v) is 5.83. The minimum Gasteiger partial charge on any atom is -0.376 e. The van der Waals surface area contributed by atoms with Crippen LogP contribution in [0.3, 0.4) is 0 Å². The van der Waals surface area contributed by atoms with Gasteiger partial charge < -0.3 is 15.0 Å². The molecular weight excluding hydrogens is 450 g/mol. The molecule has 5 rings (SSSR count). The molecule has 3 aliphatic rings. The second kappa shape index (κ2) is 12.2. The first-order valence-corrected chi connectivity index (χ1v) is 13.8. The van der Waals surface area contributed by atoms with Gasteiger partial charge in [0.2, 0.25) is 0 Å². The van der Waals surface area contributed by atoms with Gasteiger partial charge in [0.15, 0.2) is 0 Å². The predicted molar refractivity (Wildman–Crippen MR) is 143 cm³/mol. The Morgan fingerprint density at radius 2 is 1.83 bits per heavy atom. The smallest absolute Gasteiger partial charge is 0.270 e. The van der Waals surface area contributed by atoms with E-state index < -0.39 is 0 Å². The van der Waals surface area contributed by atoms with E-state index in [1.54, 1.807) is 0 Å². The van der Waals surface area contributed by atoms with Gasteiger partial charge in [-0.25, -0.2) is 4.98 Å². The lowest BCUT2D eigenvalue weighted by atomic mass is 10.0. The molecule has 36 heavy (non-hydrogen) atoms. The van der Waals surface area contributed by atoms with E-state index in [4.69, 9.17) is 9.72 Å². The number of likely N-dealkylation sites (tertiary alicyclic amines) is 1. The molecule has 3 fully saturated rings. The van der Waals surface area contributed by atoms with Crippen molar-refractivity contribution < 1.29 is 9.53 Å². The van der Waals surface area contributed by atoms with Crippen LogP contribution in [0.1, 0.15) is 53.7 Å². The summed E-state index contributed by atoms with van der Waals surface area (Å²) in [5.74, 6) is 0.802. The van der Waals surface area contributed by atoms with E-state index in [9.17, 15) is 4.79 Å². The molecule has 1 atom stereocenters. The lowest BCUT2D eigenvalue weighted by molar-refractivity contribution is 0.0854. The molecule has 0 spiro atoms. The summed E-state index contributed by atoms with van der Waals surface area (Å²) in [5, 5.41) is 3.00. The Bertz CT molecular complexity index is 1000. The Morgan fingerprint density at radius 3 is 2.64 bits per heavy atom. The number of amides is 1. The van der Waals surface area contributed by atoms with Gasteiger partial charge in [-0.3, -0.25) is 14.6 Å². The topological polar surface area (TPSA) is 60.9 Å². The summed E-state index contributed by atoms with van der Waals surface area (Å²) in [6.45, 7) is 11.1. The van der Waals surface area contributed by atoms with Gasteiger partial charge in [-0.15, -0.1) is 0 Å². The molecule has 0 aliphatic carbocycles. The summed E-state index contributed by atoms with van der Waals surface area (Å²) in [5.41, 5.74) is 3.34. The van der Waals surface area contributed by atoms with Crippen molar-refractivity contribution in [2.24, 2.45) is 0 Å². The van der Waals surface area contributed by atoms with E-state index in [1.807, 2.05) is 18.2 Å². The van der Waals surface area contributed by atoms with Crippen LogP contribution in [0.4, 0.5) is 5.82 Å². The van der Waals surface area contributed by atoms with Gasteiger partial charge in [0, 0.05) is 51.9 Å². The van der Waals surface area contributed by atoms with Crippen molar-refractivity contribution in [3.63, 3.8) is 0 Å². The number of rotatable bonds is 7. The summed E-state index contributed by atoms with van der Waals surface area (Å²) in [4.78, 5) is 25.1. The second-order valence-electron chi connectivity index (χ2n) is 10.5. The van der Waals surface area contributed by atoms with E-state index in [0.29, 0.717) is 18.3 Å². The Morgan fingerprint density at radius 1 is 0.972 bits per heavy atom. The summed E-state index contributed by atoms with van der Waals surface area (Å²) in [7, 11) is 0. The van der Waals surface area contributed by atoms with Crippen molar-refractivity contribution in [2.75, 3.05) is 57.3 Å². The van der Waals surface area contributed by atoms with Gasteiger partial charge in [0.05, 0.1) is 6.10 Å². The maximum absolute atomic E-state index is 12.7.